The van der Waals surface area contributed by atoms with Gasteiger partial charge in [0, 0.05) is 12.7 Å². The van der Waals surface area contributed by atoms with E-state index in [1.54, 1.807) is 6.26 Å². The Balaban J connectivity index is 2.18. The SMILES string of the molecule is CSc1nc(N)nc(N(C)CC(=O)Nc2cccc(C(F)(F)F)c2)c1C#N. The van der Waals surface area contributed by atoms with E-state index in [1.165, 1.54) is 35.8 Å². The fourth-order valence-corrected chi connectivity index (χ4v) is 2.76. The molecule has 0 aliphatic rings. The van der Waals surface area contributed by atoms with E-state index in [0.717, 1.165) is 12.1 Å². The Morgan fingerprint density at radius 3 is 2.70 bits per heavy atom. The Labute approximate surface area is 157 Å². The number of alkyl halides is 3. The minimum atomic E-state index is -4.51. The number of nitriles is 1. The largest absolute Gasteiger partial charge is 0.416 e. The van der Waals surface area contributed by atoms with Crippen LogP contribution in [0.2, 0.25) is 0 Å². The Hall–Kier alpha value is -3.00. The number of anilines is 3. The molecule has 27 heavy (non-hydrogen) atoms. The number of benzene rings is 1. The van der Waals surface area contributed by atoms with Crippen LogP contribution < -0.4 is 16.0 Å². The van der Waals surface area contributed by atoms with Crippen molar-refractivity contribution in [3.63, 3.8) is 0 Å². The second kappa shape index (κ2) is 8.13. The van der Waals surface area contributed by atoms with Gasteiger partial charge in [-0.05, 0) is 24.5 Å². The lowest BCUT2D eigenvalue weighted by atomic mass is 10.2. The smallest absolute Gasteiger partial charge is 0.368 e. The van der Waals surface area contributed by atoms with Crippen LogP contribution in [0.4, 0.5) is 30.6 Å². The van der Waals surface area contributed by atoms with Crippen molar-refractivity contribution in [2.75, 3.05) is 35.8 Å². The lowest BCUT2D eigenvalue weighted by Gasteiger charge is -2.20. The molecule has 2 aromatic rings. The summed E-state index contributed by atoms with van der Waals surface area (Å²) in [5.41, 5.74) is 4.93. The fraction of sp³-hybridized carbons (Fsp3) is 0.250. The van der Waals surface area contributed by atoms with Crippen LogP contribution in [0.3, 0.4) is 0 Å². The van der Waals surface area contributed by atoms with Gasteiger partial charge < -0.3 is 16.0 Å². The van der Waals surface area contributed by atoms with Crippen LogP contribution in [0, 0.1) is 11.3 Å². The number of thioether (sulfide) groups is 1. The van der Waals surface area contributed by atoms with Gasteiger partial charge in [-0.2, -0.15) is 23.4 Å². The highest BCUT2D eigenvalue weighted by Crippen LogP contribution is 2.30. The molecule has 1 amide bonds. The molecule has 2 rings (SSSR count). The number of likely N-dealkylation sites (N-methyl/N-ethyl adjacent to an activating group) is 1. The summed E-state index contributed by atoms with van der Waals surface area (Å²) in [5, 5.41) is 12.1. The van der Waals surface area contributed by atoms with Crippen molar-refractivity contribution >= 4 is 35.1 Å². The first-order chi connectivity index (χ1) is 12.7. The maximum Gasteiger partial charge on any atom is 0.416 e. The zero-order valence-electron chi connectivity index (χ0n) is 14.3. The number of nitrogens with zero attached hydrogens (tertiary/aromatic N) is 4. The van der Waals surface area contributed by atoms with Crippen LogP contribution in [0.15, 0.2) is 29.3 Å². The molecule has 7 nitrogen and oxygen atoms in total. The number of nitrogen functional groups attached to an aromatic ring is 1. The van der Waals surface area contributed by atoms with E-state index in [-0.39, 0.29) is 29.6 Å². The zero-order chi connectivity index (χ0) is 20.2. The second-order valence-corrected chi connectivity index (χ2v) is 6.18. The highest BCUT2D eigenvalue weighted by molar-refractivity contribution is 7.98. The van der Waals surface area contributed by atoms with Gasteiger partial charge in [0.1, 0.15) is 16.7 Å². The molecule has 0 unspecified atom stereocenters. The van der Waals surface area contributed by atoms with Gasteiger partial charge in [-0.1, -0.05) is 6.07 Å². The molecule has 142 valence electrons. The van der Waals surface area contributed by atoms with Crippen LogP contribution in [-0.4, -0.2) is 35.7 Å². The van der Waals surface area contributed by atoms with Gasteiger partial charge in [0.2, 0.25) is 11.9 Å². The quantitative estimate of drug-likeness (QED) is 0.591. The topological polar surface area (TPSA) is 108 Å². The molecule has 11 heteroatoms. The average molecular weight is 396 g/mol. The molecule has 3 N–H and O–H groups in total. The summed E-state index contributed by atoms with van der Waals surface area (Å²) in [5.74, 6) is -0.476. The van der Waals surface area contributed by atoms with Crippen molar-refractivity contribution in [1.29, 1.82) is 5.26 Å². The first-order valence-electron chi connectivity index (χ1n) is 7.45. The van der Waals surface area contributed by atoms with E-state index in [0.29, 0.717) is 5.03 Å². The Morgan fingerprint density at radius 2 is 2.11 bits per heavy atom. The molecule has 1 aromatic heterocycles. The molecule has 1 aromatic carbocycles. The number of hydrogen-bond acceptors (Lipinski definition) is 7. The van der Waals surface area contributed by atoms with E-state index in [2.05, 4.69) is 15.3 Å². The summed E-state index contributed by atoms with van der Waals surface area (Å²) in [4.78, 5) is 21.5. The number of hydrogen-bond donors (Lipinski definition) is 2. The van der Waals surface area contributed by atoms with Crippen molar-refractivity contribution < 1.29 is 18.0 Å². The predicted molar refractivity (Wildman–Crippen MR) is 96.3 cm³/mol. The van der Waals surface area contributed by atoms with Crippen LogP contribution in [0.1, 0.15) is 11.1 Å². The highest BCUT2D eigenvalue weighted by Gasteiger charge is 2.30. The van der Waals surface area contributed by atoms with E-state index >= 15 is 0 Å². The number of halogens is 3. The van der Waals surface area contributed by atoms with Crippen molar-refractivity contribution in [2.24, 2.45) is 0 Å². The van der Waals surface area contributed by atoms with E-state index in [9.17, 15) is 23.2 Å². The standard InChI is InChI=1S/C16H15F3N6OS/c1-25(13-11(7-20)14(27-2)24-15(21)23-13)8-12(26)22-10-5-3-4-9(6-10)16(17,18)19/h3-6H,8H2,1-2H3,(H,22,26)(H2,21,23,24). The van der Waals surface area contributed by atoms with Crippen molar-refractivity contribution in [3.8, 4) is 6.07 Å². The molecular weight excluding hydrogens is 381 g/mol. The van der Waals surface area contributed by atoms with E-state index < -0.39 is 17.6 Å². The molecule has 1 heterocycles. The second-order valence-electron chi connectivity index (χ2n) is 5.38. The van der Waals surface area contributed by atoms with Gasteiger partial charge in [0.15, 0.2) is 5.82 Å². The Kier molecular flexibility index (Phi) is 6.12. The number of nitrogens with one attached hydrogen (secondary N) is 1. The minimum Gasteiger partial charge on any atom is -0.368 e. The normalized spacial score (nSPS) is 11.0. The van der Waals surface area contributed by atoms with Gasteiger partial charge in [-0.3, -0.25) is 4.79 Å². The molecule has 0 fully saturated rings. The van der Waals surface area contributed by atoms with Gasteiger partial charge in [-0.25, -0.2) is 4.98 Å². The molecular formula is C16H15F3N6OS. The van der Waals surface area contributed by atoms with E-state index in [1.807, 2.05) is 6.07 Å². The molecule has 0 bridgehead atoms. The Morgan fingerprint density at radius 1 is 1.41 bits per heavy atom. The maximum absolute atomic E-state index is 12.7. The highest BCUT2D eigenvalue weighted by atomic mass is 32.2. The van der Waals surface area contributed by atoms with E-state index in [4.69, 9.17) is 5.73 Å². The summed E-state index contributed by atoms with van der Waals surface area (Å²) in [7, 11) is 1.51. The zero-order valence-corrected chi connectivity index (χ0v) is 15.1. The number of rotatable bonds is 5. The molecule has 0 spiro atoms. The Bertz CT molecular complexity index is 897. The number of aromatic nitrogens is 2. The van der Waals surface area contributed by atoms with Gasteiger partial charge in [0.25, 0.3) is 0 Å². The van der Waals surface area contributed by atoms with Crippen LogP contribution in [0.5, 0.6) is 0 Å². The van der Waals surface area contributed by atoms with Crippen LogP contribution >= 0.6 is 11.8 Å². The summed E-state index contributed by atoms with van der Waals surface area (Å²) >= 11 is 1.20. The predicted octanol–water partition coefficient (Wildman–Crippen LogP) is 2.75. The number of carbonyl (C=O) groups excluding carboxylic acids is 1. The minimum absolute atomic E-state index is 0.00994. The molecule has 0 saturated heterocycles. The van der Waals surface area contributed by atoms with Gasteiger partial charge >= 0.3 is 6.18 Å². The summed E-state index contributed by atoms with van der Waals surface area (Å²) in [6.45, 7) is -0.255. The lowest BCUT2D eigenvalue weighted by Crippen LogP contribution is -2.31. The molecule has 0 atom stereocenters. The lowest BCUT2D eigenvalue weighted by molar-refractivity contribution is -0.137. The summed E-state index contributed by atoms with van der Waals surface area (Å²) < 4.78 is 38.2. The van der Waals surface area contributed by atoms with Crippen molar-refractivity contribution in [3.05, 3.63) is 35.4 Å². The molecule has 0 aliphatic carbocycles. The van der Waals surface area contributed by atoms with Crippen LogP contribution in [0.25, 0.3) is 0 Å². The first kappa shape index (κ1) is 20.3. The third kappa shape index (κ3) is 5.01. The molecule has 0 radical (unpaired) electrons. The van der Waals surface area contributed by atoms with Gasteiger partial charge in [0.05, 0.1) is 12.1 Å². The molecule has 0 aliphatic heterocycles. The first-order valence-corrected chi connectivity index (χ1v) is 8.68. The fourth-order valence-electron chi connectivity index (χ4n) is 2.23. The third-order valence-corrected chi connectivity index (χ3v) is 4.08. The average Bonchev–Trinajstić information content (AvgIpc) is 2.60. The number of carbonyl (C=O) groups is 1. The van der Waals surface area contributed by atoms with Crippen molar-refractivity contribution in [2.45, 2.75) is 11.2 Å². The van der Waals surface area contributed by atoms with Crippen LogP contribution in [-0.2, 0) is 11.0 Å². The molecule has 0 saturated carbocycles. The summed E-state index contributed by atoms with van der Waals surface area (Å²) in [6.07, 6.45) is -2.79. The van der Waals surface area contributed by atoms with Gasteiger partial charge in [-0.15, -0.1) is 11.8 Å². The summed E-state index contributed by atoms with van der Waals surface area (Å²) in [6, 6.07) is 6.27. The third-order valence-electron chi connectivity index (χ3n) is 3.40. The monoisotopic (exact) mass is 396 g/mol. The number of nitrogens with two attached hydrogens (primary N) is 1. The number of amides is 1. The van der Waals surface area contributed by atoms with Crippen molar-refractivity contribution in [1.82, 2.24) is 9.97 Å². The maximum atomic E-state index is 12.7.